The number of hydrogen-bond acceptors (Lipinski definition) is 4. The SMILES string of the molecule is O=C(O)C1COCCN1C1CCOC2(CCC2)C1. The van der Waals surface area contributed by atoms with Crippen LogP contribution in [-0.2, 0) is 14.3 Å². The monoisotopic (exact) mass is 255 g/mol. The van der Waals surface area contributed by atoms with Crippen molar-refractivity contribution in [3.63, 3.8) is 0 Å². The molecule has 0 radical (unpaired) electrons. The number of aliphatic carboxylic acids is 1. The standard InChI is InChI=1S/C13H21NO4/c15-12(16)11-9-17-7-5-14(11)10-2-6-18-13(8-10)3-1-4-13/h10-11H,1-9H2,(H,15,16). The number of nitrogens with zero attached hydrogens (tertiary/aromatic N) is 1. The predicted octanol–water partition coefficient (Wildman–Crippen LogP) is 0.873. The van der Waals surface area contributed by atoms with Gasteiger partial charge in [0, 0.05) is 19.2 Å². The Morgan fingerprint density at radius 3 is 2.83 bits per heavy atom. The van der Waals surface area contributed by atoms with Crippen LogP contribution < -0.4 is 0 Å². The van der Waals surface area contributed by atoms with Gasteiger partial charge in [-0.05, 0) is 32.1 Å². The van der Waals surface area contributed by atoms with Crippen molar-refractivity contribution in [2.24, 2.45) is 0 Å². The number of carboxylic acid groups (broad SMARTS) is 1. The first kappa shape index (κ1) is 12.4. The van der Waals surface area contributed by atoms with Crippen molar-refractivity contribution in [3.05, 3.63) is 0 Å². The highest BCUT2D eigenvalue weighted by Gasteiger charge is 2.46. The van der Waals surface area contributed by atoms with Gasteiger partial charge in [0.15, 0.2) is 0 Å². The number of carbonyl (C=O) groups is 1. The summed E-state index contributed by atoms with van der Waals surface area (Å²) in [6.45, 7) is 2.47. The molecule has 1 spiro atoms. The number of ether oxygens (including phenoxy) is 2. The van der Waals surface area contributed by atoms with E-state index >= 15 is 0 Å². The molecule has 5 heteroatoms. The third-order valence-corrected chi connectivity index (χ3v) is 4.66. The Labute approximate surface area is 107 Å². The number of morpholine rings is 1. The van der Waals surface area contributed by atoms with Gasteiger partial charge in [-0.15, -0.1) is 0 Å². The minimum atomic E-state index is -0.760. The molecule has 0 bridgehead atoms. The van der Waals surface area contributed by atoms with Crippen molar-refractivity contribution >= 4 is 5.97 Å². The highest BCUT2D eigenvalue weighted by molar-refractivity contribution is 5.73. The third kappa shape index (κ3) is 2.15. The van der Waals surface area contributed by atoms with E-state index in [0.717, 1.165) is 38.8 Å². The summed E-state index contributed by atoms with van der Waals surface area (Å²) in [5, 5.41) is 9.29. The molecule has 1 N–H and O–H groups in total. The van der Waals surface area contributed by atoms with Gasteiger partial charge in [-0.1, -0.05) is 0 Å². The lowest BCUT2D eigenvalue weighted by atomic mass is 9.73. The van der Waals surface area contributed by atoms with Crippen LogP contribution in [0, 0.1) is 0 Å². The molecule has 102 valence electrons. The molecule has 2 aliphatic heterocycles. The minimum absolute atomic E-state index is 0.0737. The molecule has 0 aromatic carbocycles. The molecule has 2 saturated heterocycles. The Morgan fingerprint density at radius 1 is 1.33 bits per heavy atom. The van der Waals surface area contributed by atoms with E-state index in [9.17, 15) is 9.90 Å². The molecule has 3 rings (SSSR count). The highest BCUT2D eigenvalue weighted by atomic mass is 16.5. The van der Waals surface area contributed by atoms with Crippen molar-refractivity contribution in [2.45, 2.75) is 49.8 Å². The highest BCUT2D eigenvalue weighted by Crippen LogP contribution is 2.43. The summed E-state index contributed by atoms with van der Waals surface area (Å²) in [4.78, 5) is 13.4. The topological polar surface area (TPSA) is 59.0 Å². The fourth-order valence-electron chi connectivity index (χ4n) is 3.47. The van der Waals surface area contributed by atoms with Gasteiger partial charge in [-0.2, -0.15) is 0 Å². The number of carboxylic acids is 1. The van der Waals surface area contributed by atoms with Crippen LogP contribution in [0.1, 0.15) is 32.1 Å². The lowest BCUT2D eigenvalue weighted by molar-refractivity contribution is -0.172. The van der Waals surface area contributed by atoms with Crippen LogP contribution in [0.5, 0.6) is 0 Å². The van der Waals surface area contributed by atoms with Crippen molar-refractivity contribution < 1.29 is 19.4 Å². The first-order valence-electron chi connectivity index (χ1n) is 6.90. The molecule has 2 heterocycles. The Balaban J connectivity index is 1.69. The average molecular weight is 255 g/mol. The predicted molar refractivity (Wildman–Crippen MR) is 64.5 cm³/mol. The van der Waals surface area contributed by atoms with E-state index in [1.165, 1.54) is 6.42 Å². The first-order valence-corrected chi connectivity index (χ1v) is 6.90. The van der Waals surface area contributed by atoms with Gasteiger partial charge in [0.1, 0.15) is 6.04 Å². The summed E-state index contributed by atoms with van der Waals surface area (Å²) in [7, 11) is 0. The summed E-state index contributed by atoms with van der Waals surface area (Å²) >= 11 is 0. The van der Waals surface area contributed by atoms with E-state index in [4.69, 9.17) is 9.47 Å². The van der Waals surface area contributed by atoms with Crippen LogP contribution in [-0.4, -0.2) is 60.0 Å². The summed E-state index contributed by atoms with van der Waals surface area (Å²) in [5.74, 6) is -0.760. The normalized spacial score (nSPS) is 36.2. The molecule has 18 heavy (non-hydrogen) atoms. The van der Waals surface area contributed by atoms with Gasteiger partial charge < -0.3 is 14.6 Å². The molecular weight excluding hydrogens is 234 g/mol. The summed E-state index contributed by atoms with van der Waals surface area (Å²) < 4.78 is 11.2. The summed E-state index contributed by atoms with van der Waals surface area (Å²) in [6, 6.07) is -0.122. The maximum absolute atomic E-state index is 11.3. The van der Waals surface area contributed by atoms with Crippen LogP contribution in [0.15, 0.2) is 0 Å². The molecule has 3 fully saturated rings. The fourth-order valence-corrected chi connectivity index (χ4v) is 3.47. The van der Waals surface area contributed by atoms with Crippen LogP contribution in [0.4, 0.5) is 0 Å². The lowest BCUT2D eigenvalue weighted by Crippen LogP contribution is -2.59. The number of rotatable bonds is 2. The quantitative estimate of drug-likeness (QED) is 0.793. The van der Waals surface area contributed by atoms with Gasteiger partial charge in [-0.25, -0.2) is 0 Å². The van der Waals surface area contributed by atoms with Crippen molar-refractivity contribution in [3.8, 4) is 0 Å². The molecule has 0 amide bonds. The zero-order valence-electron chi connectivity index (χ0n) is 10.6. The van der Waals surface area contributed by atoms with Gasteiger partial charge in [-0.3, -0.25) is 9.69 Å². The maximum atomic E-state index is 11.3. The van der Waals surface area contributed by atoms with E-state index < -0.39 is 12.0 Å². The molecule has 2 atom stereocenters. The Kier molecular flexibility index (Phi) is 3.30. The van der Waals surface area contributed by atoms with E-state index in [2.05, 4.69) is 4.90 Å². The average Bonchev–Trinajstić information content (AvgIpc) is 2.37. The van der Waals surface area contributed by atoms with E-state index in [1.54, 1.807) is 0 Å². The second-order valence-corrected chi connectivity index (χ2v) is 5.70. The zero-order valence-corrected chi connectivity index (χ0v) is 10.6. The van der Waals surface area contributed by atoms with Crippen LogP contribution >= 0.6 is 0 Å². The third-order valence-electron chi connectivity index (χ3n) is 4.66. The molecule has 2 unspecified atom stereocenters. The molecule has 1 aliphatic carbocycles. The zero-order chi connectivity index (χ0) is 12.6. The second kappa shape index (κ2) is 4.79. The maximum Gasteiger partial charge on any atom is 0.323 e. The van der Waals surface area contributed by atoms with Gasteiger partial charge in [0.25, 0.3) is 0 Å². The van der Waals surface area contributed by atoms with Crippen LogP contribution in [0.3, 0.4) is 0 Å². The van der Waals surface area contributed by atoms with Crippen LogP contribution in [0.25, 0.3) is 0 Å². The summed E-state index contributed by atoms with van der Waals surface area (Å²) in [5.41, 5.74) is 0.0737. The molecule has 3 aliphatic rings. The first-order chi connectivity index (χ1) is 8.70. The smallest absolute Gasteiger partial charge is 0.323 e. The van der Waals surface area contributed by atoms with Crippen molar-refractivity contribution in [2.75, 3.05) is 26.4 Å². The summed E-state index contributed by atoms with van der Waals surface area (Å²) in [6.07, 6.45) is 5.48. The van der Waals surface area contributed by atoms with Gasteiger partial charge >= 0.3 is 5.97 Å². The largest absolute Gasteiger partial charge is 0.480 e. The van der Waals surface area contributed by atoms with Gasteiger partial charge in [0.2, 0.25) is 0 Å². The van der Waals surface area contributed by atoms with Crippen molar-refractivity contribution in [1.82, 2.24) is 4.90 Å². The van der Waals surface area contributed by atoms with E-state index in [1.807, 2.05) is 0 Å². The van der Waals surface area contributed by atoms with Gasteiger partial charge in [0.05, 0.1) is 18.8 Å². The fraction of sp³-hybridized carbons (Fsp3) is 0.923. The van der Waals surface area contributed by atoms with Crippen molar-refractivity contribution in [1.29, 1.82) is 0 Å². The second-order valence-electron chi connectivity index (χ2n) is 5.70. The minimum Gasteiger partial charge on any atom is -0.480 e. The molecular formula is C13H21NO4. The molecule has 0 aromatic rings. The Bertz CT molecular complexity index is 329. The molecule has 0 aromatic heterocycles. The number of hydrogen-bond donors (Lipinski definition) is 1. The lowest BCUT2D eigenvalue weighted by Gasteiger charge is -2.51. The molecule has 5 nitrogen and oxygen atoms in total. The Hall–Kier alpha value is -0.650. The van der Waals surface area contributed by atoms with E-state index in [0.29, 0.717) is 19.3 Å². The van der Waals surface area contributed by atoms with Crippen LogP contribution in [0.2, 0.25) is 0 Å². The Morgan fingerprint density at radius 2 is 2.17 bits per heavy atom. The molecule has 1 saturated carbocycles. The van der Waals surface area contributed by atoms with E-state index in [-0.39, 0.29) is 5.60 Å².